The molecule has 1 atom stereocenters. The molecule has 0 radical (unpaired) electrons. The van der Waals surface area contributed by atoms with Crippen LogP contribution in [0.5, 0.6) is 0 Å². The second kappa shape index (κ2) is 4.70. The minimum absolute atomic E-state index is 0.205. The summed E-state index contributed by atoms with van der Waals surface area (Å²) in [5.41, 5.74) is 0.764. The van der Waals surface area contributed by atoms with Crippen LogP contribution in [0, 0.1) is 6.92 Å². The molecule has 0 aliphatic carbocycles. The monoisotopic (exact) mass is 262 g/mol. The summed E-state index contributed by atoms with van der Waals surface area (Å²) in [6, 6.07) is 1.34. The van der Waals surface area contributed by atoms with Crippen LogP contribution in [0.2, 0.25) is 5.15 Å². The summed E-state index contributed by atoms with van der Waals surface area (Å²) in [5, 5.41) is 13.5. The van der Waals surface area contributed by atoms with Crippen molar-refractivity contribution in [2.24, 2.45) is 0 Å². The number of alkyl halides is 2. The molecule has 17 heavy (non-hydrogen) atoms. The van der Waals surface area contributed by atoms with Gasteiger partial charge in [0.15, 0.2) is 5.15 Å². The van der Waals surface area contributed by atoms with Gasteiger partial charge in [0.1, 0.15) is 5.82 Å². The fourth-order valence-electron chi connectivity index (χ4n) is 1.79. The Balaban J connectivity index is 2.03. The van der Waals surface area contributed by atoms with E-state index in [0.717, 1.165) is 5.56 Å². The van der Waals surface area contributed by atoms with E-state index in [1.54, 1.807) is 13.0 Å². The first-order valence-corrected chi connectivity index (χ1v) is 5.69. The Hall–Kier alpha value is -1.01. The van der Waals surface area contributed by atoms with Gasteiger partial charge in [-0.1, -0.05) is 11.6 Å². The van der Waals surface area contributed by atoms with E-state index in [1.807, 2.05) is 0 Å². The normalized spacial score (nSPS) is 23.4. The van der Waals surface area contributed by atoms with E-state index in [4.69, 9.17) is 11.6 Å². The molecular weight excluding hydrogens is 250 g/mol. The number of hydrogen-bond donors (Lipinski definition) is 2. The first-order chi connectivity index (χ1) is 7.96. The second-order valence-corrected chi connectivity index (χ2v) is 4.59. The first kappa shape index (κ1) is 12.4. The minimum Gasteiger partial charge on any atom is -0.364 e. The summed E-state index contributed by atoms with van der Waals surface area (Å²) in [5.74, 6) is -2.21. The van der Waals surface area contributed by atoms with Gasteiger partial charge in [-0.25, -0.2) is 8.78 Å². The molecular formula is C10H13ClF2N4. The lowest BCUT2D eigenvalue weighted by Gasteiger charge is -2.30. The van der Waals surface area contributed by atoms with Crippen molar-refractivity contribution in [3.63, 3.8) is 0 Å². The third-order valence-corrected chi connectivity index (χ3v) is 2.97. The van der Waals surface area contributed by atoms with Gasteiger partial charge in [-0.2, -0.15) is 0 Å². The third kappa shape index (κ3) is 3.23. The van der Waals surface area contributed by atoms with Crippen LogP contribution in [0.1, 0.15) is 12.0 Å². The SMILES string of the molecule is Cc1cc(NC2CNCC(F)(F)C2)nnc1Cl. The van der Waals surface area contributed by atoms with Crippen molar-refractivity contribution >= 4 is 17.4 Å². The van der Waals surface area contributed by atoms with Crippen molar-refractivity contribution in [3.05, 3.63) is 16.8 Å². The molecule has 0 aromatic carbocycles. The molecule has 0 spiro atoms. The minimum atomic E-state index is -2.68. The van der Waals surface area contributed by atoms with Crippen molar-refractivity contribution in [3.8, 4) is 0 Å². The molecule has 0 bridgehead atoms. The third-order valence-electron chi connectivity index (χ3n) is 2.60. The van der Waals surface area contributed by atoms with Crippen LogP contribution < -0.4 is 10.6 Å². The number of halogens is 3. The Bertz CT molecular complexity index is 413. The molecule has 1 saturated heterocycles. The van der Waals surface area contributed by atoms with E-state index in [2.05, 4.69) is 20.8 Å². The molecule has 2 rings (SSSR count). The highest BCUT2D eigenvalue weighted by Crippen LogP contribution is 2.24. The Morgan fingerprint density at radius 3 is 2.94 bits per heavy atom. The van der Waals surface area contributed by atoms with Crippen LogP contribution in [0.3, 0.4) is 0 Å². The van der Waals surface area contributed by atoms with Crippen LogP contribution in [-0.2, 0) is 0 Å². The Kier molecular flexibility index (Phi) is 3.44. The second-order valence-electron chi connectivity index (χ2n) is 4.24. The van der Waals surface area contributed by atoms with Crippen molar-refractivity contribution in [2.75, 3.05) is 18.4 Å². The zero-order chi connectivity index (χ0) is 12.5. The van der Waals surface area contributed by atoms with Crippen molar-refractivity contribution in [2.45, 2.75) is 25.3 Å². The van der Waals surface area contributed by atoms with Crippen molar-refractivity contribution < 1.29 is 8.78 Å². The number of aromatic nitrogens is 2. The van der Waals surface area contributed by atoms with Gasteiger partial charge in [0.2, 0.25) is 0 Å². The van der Waals surface area contributed by atoms with Crippen molar-refractivity contribution in [1.82, 2.24) is 15.5 Å². The molecule has 4 nitrogen and oxygen atoms in total. The molecule has 1 fully saturated rings. The molecule has 7 heteroatoms. The van der Waals surface area contributed by atoms with E-state index in [0.29, 0.717) is 17.5 Å². The maximum Gasteiger partial charge on any atom is 0.262 e. The average molecular weight is 263 g/mol. The predicted octanol–water partition coefficient (Wildman–Crippen LogP) is 1.85. The molecule has 1 aliphatic heterocycles. The van der Waals surface area contributed by atoms with Gasteiger partial charge in [0.05, 0.1) is 6.54 Å². The molecule has 1 aromatic rings. The lowest BCUT2D eigenvalue weighted by atomic mass is 10.0. The summed E-state index contributed by atoms with van der Waals surface area (Å²) in [4.78, 5) is 0. The lowest BCUT2D eigenvalue weighted by Crippen LogP contribution is -2.49. The number of aryl methyl sites for hydroxylation is 1. The summed E-state index contributed by atoms with van der Waals surface area (Å²) < 4.78 is 26.3. The number of nitrogens with zero attached hydrogens (tertiary/aromatic N) is 2. The zero-order valence-electron chi connectivity index (χ0n) is 9.30. The quantitative estimate of drug-likeness (QED) is 0.854. The van der Waals surface area contributed by atoms with Crippen LogP contribution in [0.4, 0.5) is 14.6 Å². The molecule has 2 heterocycles. The lowest BCUT2D eigenvalue weighted by molar-refractivity contribution is -0.0244. The molecule has 2 N–H and O–H groups in total. The molecule has 1 aromatic heterocycles. The standard InChI is InChI=1S/C10H13ClF2N4/c1-6-2-8(16-17-9(6)11)15-7-3-10(12,13)5-14-4-7/h2,7,14H,3-5H2,1H3,(H,15,16). The fraction of sp³-hybridized carbons (Fsp3) is 0.600. The fourth-order valence-corrected chi connectivity index (χ4v) is 1.88. The van der Waals surface area contributed by atoms with Crippen molar-refractivity contribution in [1.29, 1.82) is 0 Å². The molecule has 0 saturated carbocycles. The predicted molar refractivity (Wildman–Crippen MR) is 61.6 cm³/mol. The maximum absolute atomic E-state index is 13.1. The highest BCUT2D eigenvalue weighted by atomic mass is 35.5. The number of rotatable bonds is 2. The molecule has 0 amide bonds. The topological polar surface area (TPSA) is 49.8 Å². The van der Waals surface area contributed by atoms with Gasteiger partial charge < -0.3 is 10.6 Å². The van der Waals surface area contributed by atoms with Gasteiger partial charge in [0, 0.05) is 19.0 Å². The zero-order valence-corrected chi connectivity index (χ0v) is 10.1. The molecule has 1 unspecified atom stereocenters. The summed E-state index contributed by atoms with van der Waals surface area (Å²) in [7, 11) is 0. The summed E-state index contributed by atoms with van der Waals surface area (Å²) in [6.45, 7) is 2.01. The highest BCUT2D eigenvalue weighted by molar-refractivity contribution is 6.30. The van der Waals surface area contributed by atoms with Gasteiger partial charge in [0.25, 0.3) is 5.92 Å². The van der Waals surface area contributed by atoms with E-state index in [9.17, 15) is 8.78 Å². The molecule has 1 aliphatic rings. The van der Waals surface area contributed by atoms with E-state index < -0.39 is 5.92 Å². The van der Waals surface area contributed by atoms with Gasteiger partial charge in [-0.3, -0.25) is 0 Å². The summed E-state index contributed by atoms with van der Waals surface area (Å²) >= 11 is 5.73. The van der Waals surface area contributed by atoms with Crippen LogP contribution in [0.25, 0.3) is 0 Å². The van der Waals surface area contributed by atoms with E-state index in [-0.39, 0.29) is 19.0 Å². The number of nitrogens with one attached hydrogen (secondary N) is 2. The van der Waals surface area contributed by atoms with Gasteiger partial charge >= 0.3 is 0 Å². The van der Waals surface area contributed by atoms with Crippen LogP contribution >= 0.6 is 11.6 Å². The highest BCUT2D eigenvalue weighted by Gasteiger charge is 2.36. The van der Waals surface area contributed by atoms with E-state index >= 15 is 0 Å². The van der Waals surface area contributed by atoms with Gasteiger partial charge in [-0.15, -0.1) is 10.2 Å². The molecule has 94 valence electrons. The maximum atomic E-state index is 13.1. The van der Waals surface area contributed by atoms with Crippen LogP contribution in [-0.4, -0.2) is 35.3 Å². The van der Waals surface area contributed by atoms with Gasteiger partial charge in [-0.05, 0) is 18.6 Å². The average Bonchev–Trinajstić information content (AvgIpc) is 2.22. The number of anilines is 1. The smallest absolute Gasteiger partial charge is 0.262 e. The first-order valence-electron chi connectivity index (χ1n) is 5.31. The number of hydrogen-bond acceptors (Lipinski definition) is 4. The Morgan fingerprint density at radius 2 is 2.29 bits per heavy atom. The van der Waals surface area contributed by atoms with Crippen LogP contribution in [0.15, 0.2) is 6.07 Å². The largest absolute Gasteiger partial charge is 0.364 e. The number of piperidine rings is 1. The van der Waals surface area contributed by atoms with E-state index in [1.165, 1.54) is 0 Å². The Morgan fingerprint density at radius 1 is 1.53 bits per heavy atom. The Labute approximate surface area is 103 Å². The summed E-state index contributed by atoms with van der Waals surface area (Å²) in [6.07, 6.45) is -0.205.